The van der Waals surface area contributed by atoms with E-state index < -0.39 is 51.6 Å². The standard InChI is InChI=1S/C33H43F3N2O3/c1-27(2)10-12-32(38-24(40)17-33(34,35)36)13-11-31(7)25(20(32)16-27)21(39)14-23-29(5)15-19(18-37)26(41)28(3,4)22(29)8-9-30(23,31)6/h14-15,20,22,25H,8-13,16-17H2,1-7H3,(H,38,40)/t20-,22+,25+,29-,30+,31-,32-/m1/s1. The van der Waals surface area contributed by atoms with Crippen molar-refractivity contribution in [2.75, 3.05) is 0 Å². The smallest absolute Gasteiger partial charge is 0.350 e. The van der Waals surface area contributed by atoms with Crippen molar-refractivity contribution in [2.45, 2.75) is 112 Å². The van der Waals surface area contributed by atoms with Crippen LogP contribution in [0.5, 0.6) is 0 Å². The molecule has 0 bridgehead atoms. The molecule has 5 aliphatic rings. The van der Waals surface area contributed by atoms with E-state index in [1.54, 1.807) is 12.2 Å². The van der Waals surface area contributed by atoms with Crippen molar-refractivity contribution >= 4 is 17.5 Å². The average Bonchev–Trinajstić information content (AvgIpc) is 2.82. The molecule has 0 spiro atoms. The number of halogens is 3. The molecule has 5 nitrogen and oxygen atoms in total. The number of ketones is 2. The first-order chi connectivity index (χ1) is 18.7. The van der Waals surface area contributed by atoms with Gasteiger partial charge in [-0.3, -0.25) is 14.4 Å². The monoisotopic (exact) mass is 572 g/mol. The highest BCUT2D eigenvalue weighted by Crippen LogP contribution is 2.73. The number of fused-ring (bicyclic) bond motifs is 7. The predicted octanol–water partition coefficient (Wildman–Crippen LogP) is 7.03. The minimum absolute atomic E-state index is 0.0414. The quantitative estimate of drug-likeness (QED) is 0.385. The van der Waals surface area contributed by atoms with Crippen LogP contribution in [-0.2, 0) is 14.4 Å². The van der Waals surface area contributed by atoms with Gasteiger partial charge in [0.15, 0.2) is 11.6 Å². The molecule has 3 fully saturated rings. The van der Waals surface area contributed by atoms with Gasteiger partial charge in [0, 0.05) is 22.3 Å². The number of alkyl halides is 3. The zero-order valence-electron chi connectivity index (χ0n) is 25.3. The Morgan fingerprint density at radius 2 is 1.66 bits per heavy atom. The van der Waals surface area contributed by atoms with E-state index in [0.29, 0.717) is 25.7 Å². The highest BCUT2D eigenvalue weighted by molar-refractivity contribution is 6.04. The molecule has 7 atom stereocenters. The van der Waals surface area contributed by atoms with Crippen molar-refractivity contribution in [3.63, 3.8) is 0 Å². The Balaban J connectivity index is 1.63. The van der Waals surface area contributed by atoms with Crippen LogP contribution in [0.4, 0.5) is 13.2 Å². The number of hydrogen-bond acceptors (Lipinski definition) is 4. The summed E-state index contributed by atoms with van der Waals surface area (Å²) in [6, 6.07) is 2.12. The molecule has 41 heavy (non-hydrogen) atoms. The van der Waals surface area contributed by atoms with Crippen molar-refractivity contribution in [2.24, 2.45) is 44.8 Å². The molecule has 0 aromatic carbocycles. The summed E-state index contributed by atoms with van der Waals surface area (Å²) in [6.45, 7) is 14.5. The lowest BCUT2D eigenvalue weighted by Gasteiger charge is -2.69. The van der Waals surface area contributed by atoms with Gasteiger partial charge in [-0.1, -0.05) is 60.1 Å². The third kappa shape index (κ3) is 4.19. The Morgan fingerprint density at radius 3 is 2.27 bits per heavy atom. The third-order valence-corrected chi connectivity index (χ3v) is 12.6. The second-order valence-corrected chi connectivity index (χ2v) is 15.8. The van der Waals surface area contributed by atoms with Crippen LogP contribution >= 0.6 is 0 Å². The molecule has 0 aromatic heterocycles. The summed E-state index contributed by atoms with van der Waals surface area (Å²) in [6.07, 6.45) is 2.05. The number of hydrogen-bond donors (Lipinski definition) is 1. The number of nitriles is 1. The summed E-state index contributed by atoms with van der Waals surface area (Å²) in [5, 5.41) is 12.7. The van der Waals surface area contributed by atoms with Gasteiger partial charge in [-0.15, -0.1) is 0 Å². The largest absolute Gasteiger partial charge is 0.397 e. The first kappa shape index (κ1) is 30.0. The summed E-state index contributed by atoms with van der Waals surface area (Å²) in [4.78, 5) is 40.4. The summed E-state index contributed by atoms with van der Waals surface area (Å²) in [5.41, 5.74) is -2.18. The highest BCUT2D eigenvalue weighted by atomic mass is 19.4. The van der Waals surface area contributed by atoms with Crippen LogP contribution in [0.15, 0.2) is 23.3 Å². The van der Waals surface area contributed by atoms with Gasteiger partial charge in [0.25, 0.3) is 0 Å². The SMILES string of the molecule is CC1(C)CC[C@@]2(NC(=O)CC(F)(F)F)CC[C@]3(C)[C@H](C(=O)C=C4[C@]5(C)C=C(C#N)C(=O)C(C)(C)[C@@H]5CC[C@@]43C)[C@H]2C1. The molecule has 5 rings (SSSR count). The molecule has 0 aromatic rings. The average molecular weight is 573 g/mol. The summed E-state index contributed by atoms with van der Waals surface area (Å²) in [5.74, 6) is -2.02. The number of nitrogens with one attached hydrogen (secondary N) is 1. The fourth-order valence-electron chi connectivity index (χ4n) is 10.4. The molecular formula is C33H43F3N2O3. The maximum atomic E-state index is 14.4. The number of carbonyl (C=O) groups excluding carboxylic acids is 3. The minimum atomic E-state index is -4.60. The lowest BCUT2D eigenvalue weighted by molar-refractivity contribution is -0.170. The molecule has 1 N–H and O–H groups in total. The van der Waals surface area contributed by atoms with E-state index in [1.807, 2.05) is 13.8 Å². The fraction of sp³-hybridized carbons (Fsp3) is 0.758. The summed E-state index contributed by atoms with van der Waals surface area (Å²) < 4.78 is 39.5. The predicted molar refractivity (Wildman–Crippen MR) is 148 cm³/mol. The second kappa shape index (κ2) is 8.80. The van der Waals surface area contributed by atoms with Crippen LogP contribution in [0.25, 0.3) is 0 Å². The Kier molecular flexibility index (Phi) is 6.45. The topological polar surface area (TPSA) is 87.0 Å². The Bertz CT molecular complexity index is 1320. The van der Waals surface area contributed by atoms with Gasteiger partial charge in [0.2, 0.25) is 5.91 Å². The van der Waals surface area contributed by atoms with Crippen molar-refractivity contribution in [3.05, 3.63) is 23.3 Å². The molecule has 5 aliphatic carbocycles. The van der Waals surface area contributed by atoms with E-state index >= 15 is 0 Å². The number of amides is 1. The first-order valence-electron chi connectivity index (χ1n) is 15.0. The number of rotatable bonds is 2. The van der Waals surface area contributed by atoms with Gasteiger partial charge in [-0.25, -0.2) is 0 Å². The van der Waals surface area contributed by atoms with Crippen LogP contribution in [0, 0.1) is 56.2 Å². The van der Waals surface area contributed by atoms with Crippen molar-refractivity contribution in [1.82, 2.24) is 5.32 Å². The molecule has 0 heterocycles. The lowest BCUT2D eigenvalue weighted by Crippen LogP contribution is -2.69. The van der Waals surface area contributed by atoms with E-state index in [-0.39, 0.29) is 34.4 Å². The molecule has 0 unspecified atom stereocenters. The maximum Gasteiger partial charge on any atom is 0.397 e. The minimum Gasteiger partial charge on any atom is -0.350 e. The van der Waals surface area contributed by atoms with Crippen LogP contribution in [0.2, 0.25) is 0 Å². The van der Waals surface area contributed by atoms with Gasteiger partial charge in [0.1, 0.15) is 12.5 Å². The fourth-order valence-corrected chi connectivity index (χ4v) is 10.4. The zero-order chi connectivity index (χ0) is 30.6. The van der Waals surface area contributed by atoms with Gasteiger partial charge in [0.05, 0.1) is 5.57 Å². The van der Waals surface area contributed by atoms with Crippen LogP contribution in [0.1, 0.15) is 99.8 Å². The van der Waals surface area contributed by atoms with Crippen molar-refractivity contribution in [3.8, 4) is 6.07 Å². The molecule has 0 radical (unpaired) electrons. The zero-order valence-corrected chi connectivity index (χ0v) is 25.3. The van der Waals surface area contributed by atoms with Crippen LogP contribution in [0.3, 0.4) is 0 Å². The summed E-state index contributed by atoms with van der Waals surface area (Å²) in [7, 11) is 0. The summed E-state index contributed by atoms with van der Waals surface area (Å²) >= 11 is 0. The van der Waals surface area contributed by atoms with E-state index in [1.165, 1.54) is 0 Å². The van der Waals surface area contributed by atoms with Gasteiger partial charge < -0.3 is 5.32 Å². The molecule has 8 heteroatoms. The molecule has 0 aliphatic heterocycles. The van der Waals surface area contributed by atoms with Gasteiger partial charge >= 0.3 is 6.18 Å². The molecule has 224 valence electrons. The number of carbonyl (C=O) groups is 3. The van der Waals surface area contributed by atoms with E-state index in [2.05, 4.69) is 46.0 Å². The Morgan fingerprint density at radius 1 is 1.02 bits per heavy atom. The Labute approximate surface area is 241 Å². The third-order valence-electron chi connectivity index (χ3n) is 12.6. The molecule has 0 saturated heterocycles. The van der Waals surface area contributed by atoms with Crippen LogP contribution < -0.4 is 5.32 Å². The van der Waals surface area contributed by atoms with E-state index in [0.717, 1.165) is 24.8 Å². The van der Waals surface area contributed by atoms with E-state index in [4.69, 9.17) is 0 Å². The molecule has 3 saturated carbocycles. The lowest BCUT2D eigenvalue weighted by atomic mass is 9.35. The van der Waals surface area contributed by atoms with E-state index in [9.17, 15) is 32.8 Å². The van der Waals surface area contributed by atoms with Gasteiger partial charge in [-0.05, 0) is 79.1 Å². The molecule has 1 amide bonds. The first-order valence-corrected chi connectivity index (χ1v) is 15.0. The van der Waals surface area contributed by atoms with Crippen molar-refractivity contribution < 1.29 is 27.6 Å². The molecular weight excluding hydrogens is 529 g/mol. The number of allylic oxidation sites excluding steroid dienone is 4. The number of Topliss-reactive ketones (excluding diaryl/α,β-unsaturated/α-hetero) is 1. The number of nitrogens with zero attached hydrogens (tertiary/aromatic N) is 1. The van der Waals surface area contributed by atoms with Crippen molar-refractivity contribution in [1.29, 1.82) is 5.26 Å². The van der Waals surface area contributed by atoms with Gasteiger partial charge in [-0.2, -0.15) is 18.4 Å². The normalized spacial score (nSPS) is 42.8. The Hall–Kier alpha value is -2.43. The second-order valence-electron chi connectivity index (χ2n) is 15.8. The maximum absolute atomic E-state index is 14.4. The highest BCUT2D eigenvalue weighted by Gasteiger charge is 2.70. The van der Waals surface area contributed by atoms with Crippen LogP contribution in [-0.4, -0.2) is 29.2 Å².